The van der Waals surface area contributed by atoms with E-state index in [-0.39, 0.29) is 43.9 Å². The number of ketones is 1. The summed E-state index contributed by atoms with van der Waals surface area (Å²) in [7, 11) is 0. The van der Waals surface area contributed by atoms with Crippen LogP contribution in [-0.4, -0.2) is 65.7 Å². The fourth-order valence-electron chi connectivity index (χ4n) is 3.45. The van der Waals surface area contributed by atoms with Gasteiger partial charge in [-0.05, 0) is 43.5 Å². The molecule has 0 saturated carbocycles. The van der Waals surface area contributed by atoms with Crippen molar-refractivity contribution in [1.29, 1.82) is 0 Å². The summed E-state index contributed by atoms with van der Waals surface area (Å²) in [5.41, 5.74) is 7.51. The van der Waals surface area contributed by atoms with E-state index in [1.807, 2.05) is 6.07 Å². The molecule has 0 heterocycles. The van der Waals surface area contributed by atoms with Crippen LogP contribution < -0.4 is 27.0 Å². The highest BCUT2D eigenvalue weighted by molar-refractivity contribution is 5.94. The summed E-state index contributed by atoms with van der Waals surface area (Å²) in [6, 6.07) is 12.4. The standard InChI is InChI=1S/C27H35N5O6/c1-17(33)12-13-29-24(35)16-30-27(38)23(15-19-6-4-3-5-7-19)32-25(36)18(2)31-26(37)22(28)14-20-8-10-21(34)11-9-20/h3-11,18,22-23,34H,12-16,28H2,1-2H3,(H,29,35)(H,30,38)(H,31,37)(H,32,36)/t18-,22+,23+/m1/s1. The summed E-state index contributed by atoms with van der Waals surface area (Å²) in [5.74, 6) is -2.16. The summed E-state index contributed by atoms with van der Waals surface area (Å²) < 4.78 is 0. The Bertz CT molecular complexity index is 1110. The van der Waals surface area contributed by atoms with Gasteiger partial charge in [0.1, 0.15) is 23.6 Å². The van der Waals surface area contributed by atoms with Gasteiger partial charge in [0.25, 0.3) is 0 Å². The number of nitrogens with one attached hydrogen (secondary N) is 4. The molecular weight excluding hydrogens is 490 g/mol. The Kier molecular flexibility index (Phi) is 11.9. The number of amides is 4. The molecule has 0 fully saturated rings. The molecule has 11 heteroatoms. The lowest BCUT2D eigenvalue weighted by Gasteiger charge is -2.22. The molecule has 3 atom stereocenters. The fraction of sp³-hybridized carbons (Fsp3) is 0.370. The average Bonchev–Trinajstić information content (AvgIpc) is 2.88. The van der Waals surface area contributed by atoms with Crippen LogP contribution in [0.1, 0.15) is 31.4 Å². The molecule has 0 aliphatic rings. The van der Waals surface area contributed by atoms with Gasteiger partial charge in [0.15, 0.2) is 0 Å². The monoisotopic (exact) mass is 525 g/mol. The third-order valence-corrected chi connectivity index (χ3v) is 5.62. The lowest BCUT2D eigenvalue weighted by atomic mass is 10.0. The van der Waals surface area contributed by atoms with Crippen LogP contribution in [0.25, 0.3) is 0 Å². The average molecular weight is 526 g/mol. The Morgan fingerprint density at radius 1 is 0.816 bits per heavy atom. The van der Waals surface area contributed by atoms with Crippen molar-refractivity contribution in [2.45, 2.75) is 51.2 Å². The molecule has 7 N–H and O–H groups in total. The Hall–Kier alpha value is -4.25. The quantitative estimate of drug-likeness (QED) is 0.196. The summed E-state index contributed by atoms with van der Waals surface area (Å²) in [5, 5.41) is 19.6. The molecule has 0 unspecified atom stereocenters. The van der Waals surface area contributed by atoms with Gasteiger partial charge < -0.3 is 32.1 Å². The summed E-state index contributed by atoms with van der Waals surface area (Å²) in [4.78, 5) is 61.2. The second kappa shape index (κ2) is 15.1. The highest BCUT2D eigenvalue weighted by Crippen LogP contribution is 2.11. The van der Waals surface area contributed by atoms with E-state index in [9.17, 15) is 29.1 Å². The van der Waals surface area contributed by atoms with E-state index in [1.165, 1.54) is 26.0 Å². The van der Waals surface area contributed by atoms with Crippen LogP contribution in [0.4, 0.5) is 0 Å². The van der Waals surface area contributed by atoms with Crippen molar-refractivity contribution >= 4 is 29.4 Å². The highest BCUT2D eigenvalue weighted by atomic mass is 16.3. The van der Waals surface area contributed by atoms with Crippen LogP contribution >= 0.6 is 0 Å². The first kappa shape index (κ1) is 30.0. The Labute approximate surface area is 221 Å². The minimum Gasteiger partial charge on any atom is -0.508 e. The summed E-state index contributed by atoms with van der Waals surface area (Å²) in [6.07, 6.45) is 0.550. The van der Waals surface area contributed by atoms with Crippen LogP contribution in [0, 0.1) is 0 Å². The minimum atomic E-state index is -1.01. The first-order valence-corrected chi connectivity index (χ1v) is 12.3. The number of rotatable bonds is 14. The lowest BCUT2D eigenvalue weighted by molar-refractivity contribution is -0.132. The molecule has 0 radical (unpaired) electrons. The van der Waals surface area contributed by atoms with Gasteiger partial charge in [0, 0.05) is 19.4 Å². The van der Waals surface area contributed by atoms with Crippen molar-refractivity contribution in [1.82, 2.24) is 21.3 Å². The van der Waals surface area contributed by atoms with Crippen molar-refractivity contribution in [3.8, 4) is 5.75 Å². The van der Waals surface area contributed by atoms with Crippen molar-refractivity contribution < 1.29 is 29.1 Å². The molecule has 11 nitrogen and oxygen atoms in total. The second-order valence-corrected chi connectivity index (χ2v) is 8.98. The first-order valence-electron chi connectivity index (χ1n) is 12.3. The Morgan fingerprint density at radius 2 is 1.45 bits per heavy atom. The molecule has 4 amide bonds. The molecule has 0 saturated heterocycles. The predicted octanol–water partition coefficient (Wildman–Crippen LogP) is -0.294. The Morgan fingerprint density at radius 3 is 2.08 bits per heavy atom. The molecule has 204 valence electrons. The third kappa shape index (κ3) is 10.8. The number of phenols is 1. The van der Waals surface area contributed by atoms with Crippen LogP contribution in [0.5, 0.6) is 5.75 Å². The maximum absolute atomic E-state index is 12.9. The number of nitrogens with two attached hydrogens (primary N) is 1. The molecule has 2 rings (SSSR count). The van der Waals surface area contributed by atoms with Crippen molar-refractivity contribution in [3.63, 3.8) is 0 Å². The lowest BCUT2D eigenvalue weighted by Crippen LogP contribution is -2.56. The van der Waals surface area contributed by atoms with E-state index < -0.39 is 41.8 Å². The number of carbonyl (C=O) groups is 5. The SMILES string of the molecule is CC(=O)CCNC(=O)CNC(=O)[C@H](Cc1ccccc1)NC(=O)[C@@H](C)NC(=O)[C@@H](N)Cc1ccc(O)cc1. The summed E-state index contributed by atoms with van der Waals surface area (Å²) in [6.45, 7) is 2.73. The van der Waals surface area contributed by atoms with Crippen LogP contribution in [0.2, 0.25) is 0 Å². The van der Waals surface area contributed by atoms with E-state index in [0.717, 1.165) is 11.1 Å². The van der Waals surface area contributed by atoms with E-state index in [0.29, 0.717) is 0 Å². The highest BCUT2D eigenvalue weighted by Gasteiger charge is 2.26. The zero-order valence-corrected chi connectivity index (χ0v) is 21.5. The van der Waals surface area contributed by atoms with Crippen LogP contribution in [0.15, 0.2) is 54.6 Å². The van der Waals surface area contributed by atoms with Gasteiger partial charge in [-0.3, -0.25) is 24.0 Å². The molecule has 0 bridgehead atoms. The molecule has 0 aliphatic heterocycles. The van der Waals surface area contributed by atoms with Crippen LogP contribution in [0.3, 0.4) is 0 Å². The molecule has 0 spiro atoms. The van der Waals surface area contributed by atoms with Gasteiger partial charge in [-0.15, -0.1) is 0 Å². The normalized spacial score (nSPS) is 12.9. The number of Topliss-reactive ketones (excluding diaryl/α,β-unsaturated/α-hetero) is 1. The van der Waals surface area contributed by atoms with E-state index in [2.05, 4.69) is 21.3 Å². The van der Waals surface area contributed by atoms with Gasteiger partial charge >= 0.3 is 0 Å². The van der Waals surface area contributed by atoms with E-state index >= 15 is 0 Å². The van der Waals surface area contributed by atoms with Crippen molar-refractivity contribution in [3.05, 3.63) is 65.7 Å². The van der Waals surface area contributed by atoms with Gasteiger partial charge in [-0.1, -0.05) is 42.5 Å². The van der Waals surface area contributed by atoms with Gasteiger partial charge in [0.2, 0.25) is 23.6 Å². The van der Waals surface area contributed by atoms with E-state index in [1.54, 1.807) is 36.4 Å². The number of hydrogen-bond acceptors (Lipinski definition) is 7. The predicted molar refractivity (Wildman–Crippen MR) is 141 cm³/mol. The van der Waals surface area contributed by atoms with Crippen molar-refractivity contribution in [2.75, 3.05) is 13.1 Å². The van der Waals surface area contributed by atoms with Gasteiger partial charge in [-0.2, -0.15) is 0 Å². The maximum atomic E-state index is 12.9. The van der Waals surface area contributed by atoms with Crippen molar-refractivity contribution in [2.24, 2.45) is 5.73 Å². The fourth-order valence-corrected chi connectivity index (χ4v) is 3.45. The number of benzene rings is 2. The van der Waals surface area contributed by atoms with Gasteiger partial charge in [-0.25, -0.2) is 0 Å². The zero-order valence-electron chi connectivity index (χ0n) is 21.5. The number of aromatic hydroxyl groups is 1. The second-order valence-electron chi connectivity index (χ2n) is 8.98. The van der Waals surface area contributed by atoms with Gasteiger partial charge in [0.05, 0.1) is 12.6 Å². The first-order chi connectivity index (χ1) is 18.0. The molecule has 38 heavy (non-hydrogen) atoms. The Balaban J connectivity index is 1.95. The van der Waals surface area contributed by atoms with Crippen LogP contribution in [-0.2, 0) is 36.8 Å². The minimum absolute atomic E-state index is 0.0671. The largest absolute Gasteiger partial charge is 0.508 e. The molecule has 0 aliphatic carbocycles. The number of hydrogen-bond donors (Lipinski definition) is 6. The smallest absolute Gasteiger partial charge is 0.243 e. The maximum Gasteiger partial charge on any atom is 0.243 e. The van der Waals surface area contributed by atoms with E-state index in [4.69, 9.17) is 5.73 Å². The molecule has 2 aromatic carbocycles. The number of carbonyl (C=O) groups excluding carboxylic acids is 5. The third-order valence-electron chi connectivity index (χ3n) is 5.62. The topological polar surface area (TPSA) is 180 Å². The zero-order chi connectivity index (χ0) is 28.1. The molecule has 2 aromatic rings. The molecular formula is C27H35N5O6. The number of phenolic OH excluding ortho intramolecular Hbond substituents is 1. The molecule has 0 aromatic heterocycles. The summed E-state index contributed by atoms with van der Waals surface area (Å²) >= 11 is 0.